The summed E-state index contributed by atoms with van der Waals surface area (Å²) in [6.45, 7) is 1.21. The van der Waals surface area contributed by atoms with Crippen LogP contribution in [0.2, 0.25) is 0 Å². The summed E-state index contributed by atoms with van der Waals surface area (Å²) in [4.78, 5) is 4.72. The average Bonchev–Trinajstić information content (AvgIpc) is 3.05. The maximum Gasteiger partial charge on any atom is 0.243 e. The fourth-order valence-electron chi connectivity index (χ4n) is 2.64. The van der Waals surface area contributed by atoms with Gasteiger partial charge in [-0.2, -0.15) is 9.57 Å². The molecule has 1 aromatic carbocycles. The van der Waals surface area contributed by atoms with Gasteiger partial charge in [-0.05, 0) is 25.0 Å². The van der Waals surface area contributed by atoms with Gasteiger partial charge in [0.1, 0.15) is 5.01 Å². The molecule has 0 atom stereocenters. The van der Waals surface area contributed by atoms with E-state index in [-0.39, 0.29) is 0 Å². The normalized spacial score (nSPS) is 16.1. The van der Waals surface area contributed by atoms with Gasteiger partial charge in [-0.3, -0.25) is 0 Å². The van der Waals surface area contributed by atoms with Crippen molar-refractivity contribution in [1.82, 2.24) is 9.29 Å². The highest BCUT2D eigenvalue weighted by molar-refractivity contribution is 7.89. The number of sulfonamides is 1. The third kappa shape index (κ3) is 3.44. The maximum absolute atomic E-state index is 12.6. The highest BCUT2D eigenvalue weighted by atomic mass is 32.2. The van der Waals surface area contributed by atoms with Crippen molar-refractivity contribution in [3.05, 3.63) is 34.7 Å². The molecule has 23 heavy (non-hydrogen) atoms. The lowest BCUT2D eigenvalue weighted by molar-refractivity contribution is 0.346. The third-order valence-corrected chi connectivity index (χ3v) is 6.65. The molecule has 0 radical (unpaired) electrons. The van der Waals surface area contributed by atoms with Gasteiger partial charge >= 0.3 is 0 Å². The van der Waals surface area contributed by atoms with Crippen LogP contribution in [-0.4, -0.2) is 30.8 Å². The molecule has 1 fully saturated rings. The van der Waals surface area contributed by atoms with Crippen molar-refractivity contribution in [2.45, 2.75) is 30.6 Å². The molecule has 3 rings (SSSR count). The largest absolute Gasteiger partial charge is 0.243 e. The number of thiazole rings is 1. The van der Waals surface area contributed by atoms with Crippen molar-refractivity contribution in [3.63, 3.8) is 0 Å². The Labute approximate surface area is 140 Å². The van der Waals surface area contributed by atoms with Crippen LogP contribution in [0.5, 0.6) is 0 Å². The number of aromatic nitrogens is 1. The van der Waals surface area contributed by atoms with Gasteiger partial charge in [0, 0.05) is 24.0 Å². The number of benzene rings is 1. The van der Waals surface area contributed by atoms with Crippen LogP contribution < -0.4 is 0 Å². The predicted molar refractivity (Wildman–Crippen MR) is 89.5 cm³/mol. The molecular weight excluding hydrogens is 330 g/mol. The smallest absolute Gasteiger partial charge is 0.240 e. The first-order chi connectivity index (χ1) is 11.1. The molecule has 7 heteroatoms. The van der Waals surface area contributed by atoms with Crippen LogP contribution in [-0.2, 0) is 16.4 Å². The van der Waals surface area contributed by atoms with Gasteiger partial charge in [-0.1, -0.05) is 18.6 Å². The van der Waals surface area contributed by atoms with Crippen LogP contribution in [0.4, 0.5) is 0 Å². The van der Waals surface area contributed by atoms with E-state index in [9.17, 15) is 8.42 Å². The SMILES string of the molecule is N#CCc1nc(-c2ccc(S(=O)(=O)N3CCCCC3)cc2)cs1. The summed E-state index contributed by atoms with van der Waals surface area (Å²) in [6.07, 6.45) is 3.25. The Hall–Kier alpha value is -1.75. The molecule has 1 aromatic heterocycles. The molecule has 2 aromatic rings. The minimum absolute atomic E-state index is 0.298. The molecule has 0 unspecified atom stereocenters. The van der Waals surface area contributed by atoms with Gasteiger partial charge in [-0.15, -0.1) is 11.3 Å². The van der Waals surface area contributed by atoms with Crippen molar-refractivity contribution in [2.24, 2.45) is 0 Å². The minimum atomic E-state index is -3.39. The number of piperidine rings is 1. The predicted octanol–water partition coefficient (Wildman–Crippen LogP) is 3.05. The first kappa shape index (κ1) is 16.1. The summed E-state index contributed by atoms with van der Waals surface area (Å²) in [5.74, 6) is 0. The lowest BCUT2D eigenvalue weighted by Gasteiger charge is -2.25. The van der Waals surface area contributed by atoms with Crippen molar-refractivity contribution in [2.75, 3.05) is 13.1 Å². The Kier molecular flexibility index (Phi) is 4.76. The number of hydrogen-bond acceptors (Lipinski definition) is 5. The van der Waals surface area contributed by atoms with E-state index in [0.29, 0.717) is 24.4 Å². The summed E-state index contributed by atoms with van der Waals surface area (Å²) in [5, 5.41) is 11.4. The Balaban J connectivity index is 1.82. The molecule has 0 bridgehead atoms. The van der Waals surface area contributed by atoms with Gasteiger partial charge in [0.05, 0.1) is 23.1 Å². The van der Waals surface area contributed by atoms with E-state index >= 15 is 0 Å². The first-order valence-electron chi connectivity index (χ1n) is 7.53. The molecule has 5 nitrogen and oxygen atoms in total. The van der Waals surface area contributed by atoms with Crippen molar-refractivity contribution >= 4 is 21.4 Å². The summed E-state index contributed by atoms with van der Waals surface area (Å²) >= 11 is 1.44. The van der Waals surface area contributed by atoms with Crippen LogP contribution in [0.1, 0.15) is 24.3 Å². The summed E-state index contributed by atoms with van der Waals surface area (Å²) < 4.78 is 26.8. The number of rotatable bonds is 4. The summed E-state index contributed by atoms with van der Waals surface area (Å²) in [7, 11) is -3.39. The molecular formula is C16H17N3O2S2. The van der Waals surface area contributed by atoms with E-state index in [1.807, 2.05) is 5.38 Å². The summed E-state index contributed by atoms with van der Waals surface area (Å²) in [5.41, 5.74) is 1.64. The zero-order valence-corrected chi connectivity index (χ0v) is 14.2. The van der Waals surface area contributed by atoms with Gasteiger partial charge in [0.15, 0.2) is 0 Å². The number of nitrogens with zero attached hydrogens (tertiary/aromatic N) is 3. The van der Waals surface area contributed by atoms with Crippen molar-refractivity contribution in [3.8, 4) is 17.3 Å². The fourth-order valence-corrected chi connectivity index (χ4v) is 4.90. The highest BCUT2D eigenvalue weighted by Gasteiger charge is 2.25. The van der Waals surface area contributed by atoms with Gasteiger partial charge in [-0.25, -0.2) is 13.4 Å². The molecule has 1 saturated heterocycles. The quantitative estimate of drug-likeness (QED) is 0.852. The second-order valence-electron chi connectivity index (χ2n) is 5.45. The second-order valence-corrected chi connectivity index (χ2v) is 8.33. The molecule has 1 aliphatic heterocycles. The topological polar surface area (TPSA) is 74.1 Å². The standard InChI is InChI=1S/C16H17N3O2S2/c17-9-8-16-18-15(12-22-16)13-4-6-14(7-5-13)23(20,21)19-10-2-1-3-11-19/h4-7,12H,1-3,8,10-11H2. The molecule has 120 valence electrons. The third-order valence-electron chi connectivity index (χ3n) is 3.88. The highest BCUT2D eigenvalue weighted by Crippen LogP contribution is 2.25. The average molecular weight is 347 g/mol. The van der Waals surface area contributed by atoms with Gasteiger partial charge < -0.3 is 0 Å². The van der Waals surface area contributed by atoms with Crippen LogP contribution in [0, 0.1) is 11.3 Å². The molecule has 0 spiro atoms. The van der Waals surface area contributed by atoms with Gasteiger partial charge in [0.2, 0.25) is 10.0 Å². The lowest BCUT2D eigenvalue weighted by Crippen LogP contribution is -2.35. The zero-order chi connectivity index (χ0) is 16.3. The Bertz CT molecular complexity index is 814. The van der Waals surface area contributed by atoms with Crippen LogP contribution in [0.15, 0.2) is 34.5 Å². The molecule has 1 aliphatic rings. The Morgan fingerprint density at radius 2 is 1.87 bits per heavy atom. The maximum atomic E-state index is 12.6. The van der Waals surface area contributed by atoms with E-state index < -0.39 is 10.0 Å². The lowest BCUT2D eigenvalue weighted by atomic mass is 10.2. The zero-order valence-electron chi connectivity index (χ0n) is 12.6. The van der Waals surface area contributed by atoms with E-state index in [1.54, 1.807) is 28.6 Å². The van der Waals surface area contributed by atoms with E-state index in [1.165, 1.54) is 11.3 Å². The number of hydrogen-bond donors (Lipinski definition) is 0. The van der Waals surface area contributed by atoms with Crippen LogP contribution in [0.3, 0.4) is 0 Å². The molecule has 0 aliphatic carbocycles. The molecule has 0 N–H and O–H groups in total. The minimum Gasteiger partial charge on any atom is -0.240 e. The first-order valence-corrected chi connectivity index (χ1v) is 9.85. The number of nitriles is 1. The van der Waals surface area contributed by atoms with E-state index in [0.717, 1.165) is 35.5 Å². The van der Waals surface area contributed by atoms with E-state index in [2.05, 4.69) is 11.1 Å². The molecule has 0 amide bonds. The van der Waals surface area contributed by atoms with Crippen molar-refractivity contribution < 1.29 is 8.42 Å². The monoisotopic (exact) mass is 347 g/mol. The van der Waals surface area contributed by atoms with Crippen LogP contribution in [0.25, 0.3) is 11.3 Å². The van der Waals surface area contributed by atoms with Crippen LogP contribution >= 0.6 is 11.3 Å². The van der Waals surface area contributed by atoms with Gasteiger partial charge in [0.25, 0.3) is 0 Å². The molecule has 2 heterocycles. The molecule has 0 saturated carbocycles. The summed E-state index contributed by atoms with van der Waals surface area (Å²) in [6, 6.07) is 8.92. The Morgan fingerprint density at radius 3 is 2.52 bits per heavy atom. The Morgan fingerprint density at radius 1 is 1.17 bits per heavy atom. The van der Waals surface area contributed by atoms with Crippen molar-refractivity contribution in [1.29, 1.82) is 5.26 Å². The van der Waals surface area contributed by atoms with E-state index in [4.69, 9.17) is 5.26 Å². The fraction of sp³-hybridized carbons (Fsp3) is 0.375. The second kappa shape index (κ2) is 6.79.